The second-order valence-corrected chi connectivity index (χ2v) is 6.31. The normalized spacial score (nSPS) is 13.2. The zero-order chi connectivity index (χ0) is 19.1. The zero-order valence-corrected chi connectivity index (χ0v) is 15.1. The number of aliphatic hydroxyl groups is 2. The maximum Gasteiger partial charge on any atom is 0.346 e. The van der Waals surface area contributed by atoms with E-state index in [9.17, 15) is 19.5 Å². The van der Waals surface area contributed by atoms with E-state index in [0.717, 1.165) is 19.3 Å². The number of unbranched alkanes of at least 4 members (excludes halogenated alkanes) is 10. The minimum absolute atomic E-state index is 0.0264. The number of carbonyl (C=O) groups excluding carboxylic acids is 2. The molecule has 0 radical (unpaired) electrons. The Balaban J connectivity index is 3.58. The summed E-state index contributed by atoms with van der Waals surface area (Å²) in [6.07, 6.45) is 7.89. The highest BCUT2D eigenvalue weighted by Gasteiger charge is 2.32. The van der Waals surface area contributed by atoms with Crippen molar-refractivity contribution < 1.29 is 34.4 Å². The Hall–Kier alpha value is -1.47. The van der Waals surface area contributed by atoms with Crippen LogP contribution in [0.2, 0.25) is 0 Å². The SMILES string of the molecule is CCCCCCCCCCCCCC(=O)OC(=O)C(O)C(O)C(=O)O. The van der Waals surface area contributed by atoms with Crippen molar-refractivity contribution in [3.8, 4) is 0 Å². The molecule has 0 fully saturated rings. The van der Waals surface area contributed by atoms with Crippen molar-refractivity contribution in [3.63, 3.8) is 0 Å². The van der Waals surface area contributed by atoms with Crippen molar-refractivity contribution in [2.45, 2.75) is 96.2 Å². The molecule has 7 nitrogen and oxygen atoms in total. The molecule has 0 aromatic carbocycles. The Kier molecular flexibility index (Phi) is 14.0. The number of hydrogen-bond acceptors (Lipinski definition) is 6. The number of rotatable bonds is 15. The maximum atomic E-state index is 11.4. The largest absolute Gasteiger partial charge is 0.479 e. The summed E-state index contributed by atoms with van der Waals surface area (Å²) in [6, 6.07) is 0. The monoisotopic (exact) mass is 360 g/mol. The molecular formula is C18H32O7. The van der Waals surface area contributed by atoms with Gasteiger partial charge in [0, 0.05) is 6.42 Å². The molecule has 146 valence electrons. The summed E-state index contributed by atoms with van der Waals surface area (Å²) in [5.74, 6) is -4.03. The summed E-state index contributed by atoms with van der Waals surface area (Å²) < 4.78 is 4.32. The minimum Gasteiger partial charge on any atom is -0.479 e. The Morgan fingerprint density at radius 2 is 1.20 bits per heavy atom. The minimum atomic E-state index is -2.30. The summed E-state index contributed by atoms with van der Waals surface area (Å²) in [7, 11) is 0. The van der Waals surface area contributed by atoms with E-state index in [4.69, 9.17) is 10.2 Å². The predicted molar refractivity (Wildman–Crippen MR) is 91.8 cm³/mol. The highest BCUT2D eigenvalue weighted by Crippen LogP contribution is 2.12. The van der Waals surface area contributed by atoms with Gasteiger partial charge in [-0.25, -0.2) is 9.59 Å². The standard InChI is InChI=1S/C18H32O7/c1-2-3-4-5-6-7-8-9-10-11-12-13-14(19)25-18(24)16(21)15(20)17(22)23/h15-16,20-21H,2-13H2,1H3,(H,22,23). The molecule has 7 heteroatoms. The van der Waals surface area contributed by atoms with E-state index in [1.165, 1.54) is 44.9 Å². The number of ether oxygens (including phenoxy) is 1. The first kappa shape index (κ1) is 23.5. The molecule has 0 spiro atoms. The molecule has 0 amide bonds. The molecule has 0 rings (SSSR count). The fourth-order valence-corrected chi connectivity index (χ4v) is 2.42. The molecule has 0 saturated heterocycles. The first-order chi connectivity index (χ1) is 11.9. The summed E-state index contributed by atoms with van der Waals surface area (Å²) in [5.41, 5.74) is 0. The topological polar surface area (TPSA) is 121 Å². The summed E-state index contributed by atoms with van der Waals surface area (Å²) in [6.45, 7) is 2.20. The van der Waals surface area contributed by atoms with Crippen molar-refractivity contribution in [3.05, 3.63) is 0 Å². The molecule has 0 aromatic heterocycles. The molecule has 25 heavy (non-hydrogen) atoms. The van der Waals surface area contributed by atoms with Gasteiger partial charge in [-0.2, -0.15) is 0 Å². The van der Waals surface area contributed by atoms with Crippen LogP contribution in [0.1, 0.15) is 84.0 Å². The van der Waals surface area contributed by atoms with Crippen LogP contribution >= 0.6 is 0 Å². The maximum absolute atomic E-state index is 11.4. The van der Waals surface area contributed by atoms with Crippen LogP contribution in [0.25, 0.3) is 0 Å². The Labute approximate surface area is 149 Å². The van der Waals surface area contributed by atoms with E-state index < -0.39 is 30.1 Å². The Morgan fingerprint density at radius 3 is 1.64 bits per heavy atom. The molecule has 0 aromatic rings. The van der Waals surface area contributed by atoms with Gasteiger partial charge in [-0.15, -0.1) is 0 Å². The smallest absolute Gasteiger partial charge is 0.346 e. The first-order valence-corrected chi connectivity index (χ1v) is 9.23. The number of aliphatic carboxylic acids is 1. The molecule has 0 heterocycles. The lowest BCUT2D eigenvalue weighted by atomic mass is 10.1. The van der Waals surface area contributed by atoms with E-state index in [2.05, 4.69) is 11.7 Å². The van der Waals surface area contributed by atoms with Gasteiger partial charge in [0.25, 0.3) is 0 Å². The fourth-order valence-electron chi connectivity index (χ4n) is 2.42. The van der Waals surface area contributed by atoms with Crippen LogP contribution in [-0.2, 0) is 19.1 Å². The van der Waals surface area contributed by atoms with Gasteiger partial charge in [0.1, 0.15) is 0 Å². The van der Waals surface area contributed by atoms with E-state index >= 15 is 0 Å². The van der Waals surface area contributed by atoms with Gasteiger partial charge < -0.3 is 20.1 Å². The average molecular weight is 360 g/mol. The molecule has 0 aliphatic heterocycles. The quantitative estimate of drug-likeness (QED) is 0.233. The van der Waals surface area contributed by atoms with E-state index in [-0.39, 0.29) is 6.42 Å². The third kappa shape index (κ3) is 12.5. The van der Waals surface area contributed by atoms with Crippen LogP contribution in [0.5, 0.6) is 0 Å². The molecule has 3 N–H and O–H groups in total. The lowest BCUT2D eigenvalue weighted by Gasteiger charge is -2.12. The second-order valence-electron chi connectivity index (χ2n) is 6.31. The fraction of sp³-hybridized carbons (Fsp3) is 0.833. The number of carboxylic acids is 1. The lowest BCUT2D eigenvalue weighted by molar-refractivity contribution is -0.175. The molecule has 0 aliphatic rings. The lowest BCUT2D eigenvalue weighted by Crippen LogP contribution is -2.41. The van der Waals surface area contributed by atoms with Gasteiger partial charge in [0.15, 0.2) is 12.2 Å². The molecule has 0 saturated carbocycles. The summed E-state index contributed by atoms with van der Waals surface area (Å²) in [4.78, 5) is 33.1. The van der Waals surface area contributed by atoms with Crippen molar-refractivity contribution >= 4 is 17.9 Å². The molecule has 2 unspecified atom stereocenters. The van der Waals surface area contributed by atoms with Crippen LogP contribution in [0, 0.1) is 0 Å². The van der Waals surface area contributed by atoms with Gasteiger partial charge in [-0.3, -0.25) is 4.79 Å². The van der Waals surface area contributed by atoms with Gasteiger partial charge in [0.05, 0.1) is 0 Å². The average Bonchev–Trinajstić information content (AvgIpc) is 2.58. The second kappa shape index (κ2) is 14.8. The van der Waals surface area contributed by atoms with Crippen LogP contribution in [0.4, 0.5) is 0 Å². The van der Waals surface area contributed by atoms with Crippen molar-refractivity contribution in [1.29, 1.82) is 0 Å². The predicted octanol–water partition coefficient (Wildman–Crippen LogP) is 2.56. The molecule has 0 aliphatic carbocycles. The van der Waals surface area contributed by atoms with E-state index in [0.29, 0.717) is 6.42 Å². The first-order valence-electron chi connectivity index (χ1n) is 9.23. The summed E-state index contributed by atoms with van der Waals surface area (Å²) >= 11 is 0. The number of carboxylic acid groups (broad SMARTS) is 1. The van der Waals surface area contributed by atoms with Crippen LogP contribution < -0.4 is 0 Å². The summed E-state index contributed by atoms with van der Waals surface area (Å²) in [5, 5.41) is 26.7. The highest BCUT2D eigenvalue weighted by atomic mass is 16.6. The Morgan fingerprint density at radius 1 is 0.760 bits per heavy atom. The molecule has 0 bridgehead atoms. The van der Waals surface area contributed by atoms with E-state index in [1.54, 1.807) is 0 Å². The number of esters is 2. The van der Waals surface area contributed by atoms with Crippen molar-refractivity contribution in [1.82, 2.24) is 0 Å². The molecular weight excluding hydrogens is 328 g/mol. The van der Waals surface area contributed by atoms with Gasteiger partial charge >= 0.3 is 17.9 Å². The Bertz CT molecular complexity index is 395. The van der Waals surface area contributed by atoms with Crippen molar-refractivity contribution in [2.75, 3.05) is 0 Å². The van der Waals surface area contributed by atoms with Crippen LogP contribution in [0.3, 0.4) is 0 Å². The van der Waals surface area contributed by atoms with Crippen molar-refractivity contribution in [2.24, 2.45) is 0 Å². The highest BCUT2D eigenvalue weighted by molar-refractivity contribution is 5.91. The van der Waals surface area contributed by atoms with Crippen LogP contribution in [-0.4, -0.2) is 45.4 Å². The van der Waals surface area contributed by atoms with Gasteiger partial charge in [-0.1, -0.05) is 71.1 Å². The zero-order valence-electron chi connectivity index (χ0n) is 15.1. The third-order valence-electron chi connectivity index (χ3n) is 3.99. The van der Waals surface area contributed by atoms with E-state index in [1.807, 2.05) is 0 Å². The number of carbonyl (C=O) groups is 3. The van der Waals surface area contributed by atoms with Gasteiger partial charge in [-0.05, 0) is 6.42 Å². The third-order valence-corrected chi connectivity index (χ3v) is 3.99. The molecule has 2 atom stereocenters. The number of aliphatic hydroxyl groups excluding tert-OH is 2. The van der Waals surface area contributed by atoms with Gasteiger partial charge in [0.2, 0.25) is 0 Å². The van der Waals surface area contributed by atoms with Crippen LogP contribution in [0.15, 0.2) is 0 Å². The number of hydrogen-bond donors (Lipinski definition) is 3.